The van der Waals surface area contributed by atoms with Gasteiger partial charge in [-0.1, -0.05) is 42.4 Å². The molecule has 0 bridgehead atoms. The zero-order valence-corrected chi connectivity index (χ0v) is 12.3. The first kappa shape index (κ1) is 13.7. The van der Waals surface area contributed by atoms with Crippen LogP contribution in [0.2, 0.25) is 0 Å². The van der Waals surface area contributed by atoms with E-state index in [4.69, 9.17) is 0 Å². The zero-order chi connectivity index (χ0) is 13.8. The minimum atomic E-state index is 0.746. The van der Waals surface area contributed by atoms with Crippen LogP contribution in [-0.4, -0.2) is 18.3 Å². The number of carbonyl (C=O) groups is 1. The van der Waals surface area contributed by atoms with E-state index in [-0.39, 0.29) is 0 Å². The lowest BCUT2D eigenvalue weighted by atomic mass is 10.2. The topological polar surface area (TPSA) is 33.2 Å². The highest BCUT2D eigenvalue weighted by atomic mass is 32.1. The monoisotopic (exact) mass is 274 g/mol. The van der Waals surface area contributed by atoms with Crippen molar-refractivity contribution in [2.45, 2.75) is 26.7 Å². The largest absolute Gasteiger partial charge is 0.321 e. The molecule has 3 nitrogen and oxygen atoms in total. The predicted molar refractivity (Wildman–Crippen MR) is 80.7 cm³/mol. The molecule has 1 heterocycles. The van der Waals surface area contributed by atoms with Gasteiger partial charge in [0.25, 0.3) is 0 Å². The number of aldehydes is 1. The molecule has 0 fully saturated rings. The van der Waals surface area contributed by atoms with Gasteiger partial charge in [0.1, 0.15) is 0 Å². The summed E-state index contributed by atoms with van der Waals surface area (Å²) in [6, 6.07) is 8.29. The Bertz CT molecular complexity index is 560. The van der Waals surface area contributed by atoms with E-state index in [9.17, 15) is 4.79 Å². The summed E-state index contributed by atoms with van der Waals surface area (Å²) in [4.78, 5) is 18.4. The maximum Gasteiger partial charge on any atom is 0.190 e. The highest BCUT2D eigenvalue weighted by Crippen LogP contribution is 2.30. The third-order valence-electron chi connectivity index (χ3n) is 3.02. The van der Waals surface area contributed by atoms with E-state index < -0.39 is 0 Å². The van der Waals surface area contributed by atoms with E-state index in [0.29, 0.717) is 0 Å². The molecule has 2 rings (SSSR count). The molecule has 0 aliphatic carbocycles. The molecule has 0 aliphatic rings. The molecule has 0 radical (unpaired) electrons. The maximum atomic E-state index is 11.1. The fraction of sp³-hybridized carbons (Fsp3) is 0.333. The zero-order valence-electron chi connectivity index (χ0n) is 11.5. The van der Waals surface area contributed by atoms with Crippen LogP contribution in [0.1, 0.15) is 34.3 Å². The number of benzene rings is 1. The normalized spacial score (nSPS) is 10.5. The van der Waals surface area contributed by atoms with E-state index in [1.807, 2.05) is 11.9 Å². The first-order valence-electron chi connectivity index (χ1n) is 6.41. The summed E-state index contributed by atoms with van der Waals surface area (Å²) in [5.74, 6) is 0. The van der Waals surface area contributed by atoms with Crippen molar-refractivity contribution in [2.75, 3.05) is 11.9 Å². The maximum absolute atomic E-state index is 11.1. The number of carbonyl (C=O) groups excluding carboxylic acids is 1. The van der Waals surface area contributed by atoms with Crippen LogP contribution in [0.15, 0.2) is 24.3 Å². The second-order valence-electron chi connectivity index (χ2n) is 4.57. The van der Waals surface area contributed by atoms with Crippen LogP contribution in [0.4, 0.5) is 10.8 Å². The molecule has 19 heavy (non-hydrogen) atoms. The number of rotatable bonds is 5. The van der Waals surface area contributed by atoms with Gasteiger partial charge in [-0.15, -0.1) is 0 Å². The minimum absolute atomic E-state index is 0.746. The summed E-state index contributed by atoms with van der Waals surface area (Å²) in [5.41, 5.74) is 3.23. The van der Waals surface area contributed by atoms with Gasteiger partial charge < -0.3 is 4.90 Å². The lowest BCUT2D eigenvalue weighted by Gasteiger charge is -2.15. The SMILES string of the molecule is CCCc1nc(N(C)c2ccc(C)cc2)sc1C=O. The standard InChI is InChI=1S/C15H18N2OS/c1-4-5-13-14(10-18)19-15(16-13)17(3)12-8-6-11(2)7-9-12/h6-10H,4-5H2,1-3H3. The van der Waals surface area contributed by atoms with Crippen LogP contribution in [-0.2, 0) is 6.42 Å². The van der Waals surface area contributed by atoms with Crippen LogP contribution >= 0.6 is 11.3 Å². The average Bonchev–Trinajstić information content (AvgIpc) is 2.82. The van der Waals surface area contributed by atoms with Crippen LogP contribution in [0, 0.1) is 6.92 Å². The van der Waals surface area contributed by atoms with Gasteiger partial charge >= 0.3 is 0 Å². The van der Waals surface area contributed by atoms with Gasteiger partial charge in [0, 0.05) is 12.7 Å². The molecule has 1 aromatic heterocycles. The molecule has 0 atom stereocenters. The van der Waals surface area contributed by atoms with E-state index in [1.54, 1.807) is 0 Å². The third kappa shape index (κ3) is 3.01. The number of aryl methyl sites for hydroxylation is 2. The summed E-state index contributed by atoms with van der Waals surface area (Å²) >= 11 is 1.45. The van der Waals surface area contributed by atoms with Crippen molar-refractivity contribution in [3.63, 3.8) is 0 Å². The highest BCUT2D eigenvalue weighted by molar-refractivity contribution is 7.17. The summed E-state index contributed by atoms with van der Waals surface area (Å²) in [7, 11) is 1.98. The minimum Gasteiger partial charge on any atom is -0.321 e. The van der Waals surface area contributed by atoms with Gasteiger partial charge in [0.2, 0.25) is 0 Å². The smallest absolute Gasteiger partial charge is 0.190 e. The summed E-state index contributed by atoms with van der Waals surface area (Å²) < 4.78 is 0. The Morgan fingerprint density at radius 2 is 2.00 bits per heavy atom. The number of anilines is 2. The lowest BCUT2D eigenvalue weighted by molar-refractivity contribution is 0.112. The van der Waals surface area contributed by atoms with Crippen LogP contribution in [0.25, 0.3) is 0 Å². The van der Waals surface area contributed by atoms with E-state index in [1.165, 1.54) is 16.9 Å². The molecule has 0 saturated heterocycles. The van der Waals surface area contributed by atoms with Crippen LogP contribution in [0.3, 0.4) is 0 Å². The van der Waals surface area contributed by atoms with Gasteiger partial charge in [0.15, 0.2) is 11.4 Å². The van der Waals surface area contributed by atoms with Crippen molar-refractivity contribution in [2.24, 2.45) is 0 Å². The lowest BCUT2D eigenvalue weighted by Crippen LogP contribution is -2.09. The van der Waals surface area contributed by atoms with Crippen LogP contribution < -0.4 is 4.90 Å². The van der Waals surface area contributed by atoms with Crippen molar-refractivity contribution in [1.82, 2.24) is 4.98 Å². The second-order valence-corrected chi connectivity index (χ2v) is 5.58. The van der Waals surface area contributed by atoms with Crippen molar-refractivity contribution < 1.29 is 4.79 Å². The number of thiazole rings is 1. The predicted octanol–water partition coefficient (Wildman–Crippen LogP) is 3.98. The fourth-order valence-corrected chi connectivity index (χ4v) is 2.79. The first-order chi connectivity index (χ1) is 9.15. The molecule has 0 N–H and O–H groups in total. The molecular weight excluding hydrogens is 256 g/mol. The molecule has 4 heteroatoms. The second kappa shape index (κ2) is 5.97. The van der Waals surface area contributed by atoms with E-state index >= 15 is 0 Å². The Morgan fingerprint density at radius 3 is 2.58 bits per heavy atom. The third-order valence-corrected chi connectivity index (χ3v) is 4.12. The number of nitrogens with zero attached hydrogens (tertiary/aromatic N) is 2. The van der Waals surface area contributed by atoms with Crippen LogP contribution in [0.5, 0.6) is 0 Å². The Morgan fingerprint density at radius 1 is 1.32 bits per heavy atom. The Balaban J connectivity index is 2.30. The first-order valence-corrected chi connectivity index (χ1v) is 7.22. The molecule has 0 aliphatic heterocycles. The fourth-order valence-electron chi connectivity index (χ4n) is 1.88. The van der Waals surface area contributed by atoms with Crippen molar-refractivity contribution >= 4 is 28.4 Å². The van der Waals surface area contributed by atoms with Gasteiger partial charge in [-0.3, -0.25) is 4.79 Å². The summed E-state index contributed by atoms with van der Waals surface area (Å²) in [6.45, 7) is 4.16. The highest BCUT2D eigenvalue weighted by Gasteiger charge is 2.14. The average molecular weight is 274 g/mol. The Labute approximate surface area is 117 Å². The summed E-state index contributed by atoms with van der Waals surface area (Å²) in [6.07, 6.45) is 2.76. The van der Waals surface area contributed by atoms with E-state index in [2.05, 4.69) is 43.1 Å². The van der Waals surface area contributed by atoms with Gasteiger partial charge in [0.05, 0.1) is 10.6 Å². The molecule has 2 aromatic rings. The molecule has 100 valence electrons. The summed E-state index contributed by atoms with van der Waals surface area (Å²) in [5, 5.41) is 0.870. The van der Waals surface area contributed by atoms with Crippen molar-refractivity contribution in [3.8, 4) is 0 Å². The number of hydrogen-bond donors (Lipinski definition) is 0. The van der Waals surface area contributed by atoms with Gasteiger partial charge in [-0.25, -0.2) is 4.98 Å². The van der Waals surface area contributed by atoms with Gasteiger partial charge in [-0.2, -0.15) is 0 Å². The quantitative estimate of drug-likeness (QED) is 0.773. The molecule has 0 saturated carbocycles. The Kier molecular flexibility index (Phi) is 4.32. The van der Waals surface area contributed by atoms with Crippen molar-refractivity contribution in [1.29, 1.82) is 0 Å². The van der Waals surface area contributed by atoms with E-state index in [0.717, 1.165) is 40.5 Å². The molecule has 0 amide bonds. The molecule has 1 aromatic carbocycles. The van der Waals surface area contributed by atoms with Gasteiger partial charge in [-0.05, 0) is 25.5 Å². The Hall–Kier alpha value is -1.68. The molecule has 0 unspecified atom stereocenters. The number of hydrogen-bond acceptors (Lipinski definition) is 4. The molecule has 0 spiro atoms. The number of aromatic nitrogens is 1. The molecular formula is C15H18N2OS. The van der Waals surface area contributed by atoms with Crippen molar-refractivity contribution in [3.05, 3.63) is 40.4 Å².